The number of halogens is 3. The number of carbonyl (C=O) groups is 2. The average Bonchev–Trinajstić information content (AvgIpc) is 2.70. The zero-order valence-electron chi connectivity index (χ0n) is 15.1. The Morgan fingerprint density at radius 2 is 2.00 bits per heavy atom. The van der Waals surface area contributed by atoms with Crippen molar-refractivity contribution in [3.63, 3.8) is 0 Å². The van der Waals surface area contributed by atoms with Gasteiger partial charge in [-0.25, -0.2) is 4.98 Å². The Balaban J connectivity index is 1.56. The summed E-state index contributed by atoms with van der Waals surface area (Å²) < 4.78 is 44.6. The molecule has 3 aromatic rings. The first kappa shape index (κ1) is 19.4. The second kappa shape index (κ2) is 7.17. The van der Waals surface area contributed by atoms with Crippen molar-refractivity contribution in [2.24, 2.45) is 0 Å². The number of hydrogen-bond donors (Lipinski definition) is 3. The fourth-order valence-electron chi connectivity index (χ4n) is 3.04. The lowest BCUT2D eigenvalue weighted by atomic mass is 10.1. The average molecular weight is 418 g/mol. The first-order chi connectivity index (χ1) is 14.2. The van der Waals surface area contributed by atoms with Gasteiger partial charge in [0.1, 0.15) is 5.75 Å². The van der Waals surface area contributed by atoms with Crippen molar-refractivity contribution in [2.75, 3.05) is 11.9 Å². The Labute approximate surface area is 166 Å². The lowest BCUT2D eigenvalue weighted by Crippen LogP contribution is -2.28. The van der Waals surface area contributed by atoms with E-state index in [1.165, 1.54) is 6.07 Å². The number of ether oxygens (including phenoxy) is 1. The molecule has 0 unspecified atom stereocenters. The Morgan fingerprint density at radius 3 is 2.77 bits per heavy atom. The highest BCUT2D eigenvalue weighted by Gasteiger charge is 2.34. The molecular weight excluding hydrogens is 405 g/mol. The van der Waals surface area contributed by atoms with E-state index < -0.39 is 34.4 Å². The van der Waals surface area contributed by atoms with Crippen LogP contribution < -0.4 is 20.9 Å². The molecule has 4 rings (SSSR count). The monoisotopic (exact) mass is 418 g/mol. The fourth-order valence-corrected chi connectivity index (χ4v) is 3.04. The molecule has 0 atom stereocenters. The van der Waals surface area contributed by atoms with Gasteiger partial charge < -0.3 is 20.4 Å². The van der Waals surface area contributed by atoms with Crippen molar-refractivity contribution in [2.45, 2.75) is 12.7 Å². The number of aromatic nitrogens is 2. The number of aromatic amines is 1. The molecule has 0 fully saturated rings. The molecule has 1 aliphatic heterocycles. The lowest BCUT2D eigenvalue weighted by molar-refractivity contribution is -0.136. The van der Waals surface area contributed by atoms with E-state index in [0.29, 0.717) is 17.0 Å². The Kier molecular flexibility index (Phi) is 4.65. The van der Waals surface area contributed by atoms with Crippen LogP contribution in [-0.2, 0) is 17.5 Å². The maximum Gasteiger partial charge on any atom is 0.417 e. The third-order valence-corrected chi connectivity index (χ3v) is 4.38. The van der Waals surface area contributed by atoms with E-state index in [0.717, 1.165) is 12.1 Å². The van der Waals surface area contributed by atoms with Crippen LogP contribution in [0.2, 0.25) is 0 Å². The van der Waals surface area contributed by atoms with Crippen molar-refractivity contribution in [3.05, 3.63) is 63.7 Å². The van der Waals surface area contributed by atoms with Gasteiger partial charge >= 0.3 is 6.18 Å². The molecule has 3 N–H and O–H groups in total. The SMILES string of the molecule is O=C1COc2ccc(CNC(=O)c3nc4cccc(C(F)(F)F)c4c(=O)[nH]3)cc2N1. The second-order valence-corrected chi connectivity index (χ2v) is 6.46. The molecule has 2 aromatic carbocycles. The van der Waals surface area contributed by atoms with E-state index in [-0.39, 0.29) is 24.6 Å². The molecule has 11 heteroatoms. The highest BCUT2D eigenvalue weighted by Crippen LogP contribution is 2.32. The van der Waals surface area contributed by atoms with Gasteiger partial charge in [-0.3, -0.25) is 14.4 Å². The minimum absolute atomic E-state index is 0.0202. The van der Waals surface area contributed by atoms with Gasteiger partial charge in [-0.05, 0) is 29.8 Å². The molecule has 1 aliphatic rings. The third kappa shape index (κ3) is 3.69. The molecule has 0 bridgehead atoms. The normalized spacial score (nSPS) is 13.4. The Morgan fingerprint density at radius 1 is 1.20 bits per heavy atom. The van der Waals surface area contributed by atoms with Crippen LogP contribution in [0, 0.1) is 0 Å². The summed E-state index contributed by atoms with van der Waals surface area (Å²) in [6.45, 7) is -0.0630. The molecule has 1 aromatic heterocycles. The van der Waals surface area contributed by atoms with Crippen molar-refractivity contribution >= 4 is 28.4 Å². The number of anilines is 1. The quantitative estimate of drug-likeness (QED) is 0.604. The largest absolute Gasteiger partial charge is 0.482 e. The summed E-state index contributed by atoms with van der Waals surface area (Å²) in [5.74, 6) is -1.00. The minimum Gasteiger partial charge on any atom is -0.482 e. The van der Waals surface area contributed by atoms with Crippen molar-refractivity contribution in [3.8, 4) is 5.75 Å². The molecule has 0 saturated carbocycles. The molecule has 2 heterocycles. The van der Waals surface area contributed by atoms with Crippen LogP contribution in [0.3, 0.4) is 0 Å². The van der Waals surface area contributed by atoms with Crippen LogP contribution in [0.5, 0.6) is 5.75 Å². The van der Waals surface area contributed by atoms with Crippen molar-refractivity contribution in [1.82, 2.24) is 15.3 Å². The number of amides is 2. The topological polar surface area (TPSA) is 113 Å². The van der Waals surface area contributed by atoms with Crippen LogP contribution in [0.4, 0.5) is 18.9 Å². The minimum atomic E-state index is -4.73. The highest BCUT2D eigenvalue weighted by molar-refractivity contribution is 5.95. The molecule has 0 aliphatic carbocycles. The summed E-state index contributed by atoms with van der Waals surface area (Å²) in [6, 6.07) is 8.02. The maximum absolute atomic E-state index is 13.1. The summed E-state index contributed by atoms with van der Waals surface area (Å²) >= 11 is 0. The number of alkyl halides is 3. The number of hydrogen-bond acceptors (Lipinski definition) is 5. The van der Waals surface area contributed by atoms with Gasteiger partial charge in [0, 0.05) is 6.54 Å². The highest BCUT2D eigenvalue weighted by atomic mass is 19.4. The van der Waals surface area contributed by atoms with E-state index in [4.69, 9.17) is 4.74 Å². The number of nitrogens with one attached hydrogen (secondary N) is 3. The van der Waals surface area contributed by atoms with Gasteiger partial charge in [0.15, 0.2) is 12.4 Å². The molecular formula is C19H13F3N4O4. The van der Waals surface area contributed by atoms with Gasteiger partial charge in [0.05, 0.1) is 22.2 Å². The summed E-state index contributed by atoms with van der Waals surface area (Å²) in [7, 11) is 0. The van der Waals surface area contributed by atoms with Gasteiger partial charge in [0.25, 0.3) is 17.4 Å². The number of fused-ring (bicyclic) bond motifs is 2. The number of H-pyrrole nitrogens is 1. The first-order valence-electron chi connectivity index (χ1n) is 8.66. The van der Waals surface area contributed by atoms with Crippen LogP contribution in [0.1, 0.15) is 21.7 Å². The molecule has 2 amide bonds. The summed E-state index contributed by atoms with van der Waals surface area (Å²) in [5.41, 5.74) is -1.36. The molecule has 0 saturated heterocycles. The molecule has 154 valence electrons. The van der Waals surface area contributed by atoms with Crippen molar-refractivity contribution in [1.29, 1.82) is 0 Å². The summed E-state index contributed by atoms with van der Waals surface area (Å²) in [4.78, 5) is 41.9. The van der Waals surface area contributed by atoms with E-state index in [1.807, 2.05) is 0 Å². The van der Waals surface area contributed by atoms with Crippen LogP contribution >= 0.6 is 0 Å². The first-order valence-corrected chi connectivity index (χ1v) is 8.66. The van der Waals surface area contributed by atoms with Gasteiger partial charge in [0.2, 0.25) is 0 Å². The summed E-state index contributed by atoms with van der Waals surface area (Å²) in [5, 5.41) is 4.53. The zero-order valence-corrected chi connectivity index (χ0v) is 15.1. The van der Waals surface area contributed by atoms with E-state index >= 15 is 0 Å². The van der Waals surface area contributed by atoms with E-state index in [1.54, 1.807) is 18.2 Å². The van der Waals surface area contributed by atoms with Gasteiger partial charge in [-0.15, -0.1) is 0 Å². The fraction of sp³-hybridized carbons (Fsp3) is 0.158. The number of nitrogens with zero attached hydrogens (tertiary/aromatic N) is 1. The molecule has 30 heavy (non-hydrogen) atoms. The third-order valence-electron chi connectivity index (χ3n) is 4.38. The maximum atomic E-state index is 13.1. The summed E-state index contributed by atoms with van der Waals surface area (Å²) in [6.07, 6.45) is -4.73. The zero-order chi connectivity index (χ0) is 21.5. The van der Waals surface area contributed by atoms with Gasteiger partial charge in [-0.1, -0.05) is 12.1 Å². The Hall–Kier alpha value is -3.89. The number of benzene rings is 2. The Bertz CT molecular complexity index is 1240. The molecule has 0 spiro atoms. The number of carbonyl (C=O) groups excluding carboxylic acids is 2. The van der Waals surface area contributed by atoms with Gasteiger partial charge in [-0.2, -0.15) is 13.2 Å². The molecule has 0 radical (unpaired) electrons. The van der Waals surface area contributed by atoms with E-state index in [9.17, 15) is 27.6 Å². The predicted octanol–water partition coefficient (Wildman–Crippen LogP) is 2.20. The van der Waals surface area contributed by atoms with Crippen LogP contribution in [0.25, 0.3) is 10.9 Å². The predicted molar refractivity (Wildman–Crippen MR) is 99.1 cm³/mol. The van der Waals surface area contributed by atoms with E-state index in [2.05, 4.69) is 20.6 Å². The van der Waals surface area contributed by atoms with Crippen molar-refractivity contribution < 1.29 is 27.5 Å². The number of rotatable bonds is 3. The standard InChI is InChI=1S/C19H13F3N4O4/c20-19(21,22)10-2-1-3-11-15(10)17(28)26-16(25-11)18(29)23-7-9-4-5-13-12(6-9)24-14(27)8-30-13/h1-6H,7-8H2,(H,23,29)(H,24,27)(H,25,26,28). The second-order valence-electron chi connectivity index (χ2n) is 6.46. The smallest absolute Gasteiger partial charge is 0.417 e. The lowest BCUT2D eigenvalue weighted by Gasteiger charge is -2.18. The molecule has 8 nitrogen and oxygen atoms in total. The van der Waals surface area contributed by atoms with Crippen LogP contribution in [0.15, 0.2) is 41.2 Å². The van der Waals surface area contributed by atoms with Crippen LogP contribution in [-0.4, -0.2) is 28.4 Å².